The second kappa shape index (κ2) is 13.1. The number of nitrogens with one attached hydrogen (secondary N) is 1. The van der Waals surface area contributed by atoms with Gasteiger partial charge in [-0.05, 0) is 93.8 Å². The highest BCUT2D eigenvalue weighted by molar-refractivity contribution is 7.92. The number of rotatable bonds is 10. The van der Waals surface area contributed by atoms with Gasteiger partial charge in [-0.2, -0.15) is 0 Å². The standard InChI is InChI=1S/C30H35Cl2N3O4S/c1-6-27(29(37)33-30(3,4)5)34(19-22-10-12-23(31)13-11-22)28(36)20-35(25-9-7-8-21(2)18-25)40(38,39)26-16-14-24(32)15-17-26/h7-18,27H,6,19-20H2,1-5H3,(H,33,37)/t27-/m1/s1. The van der Waals surface area contributed by atoms with E-state index in [4.69, 9.17) is 23.2 Å². The minimum Gasteiger partial charge on any atom is -0.350 e. The van der Waals surface area contributed by atoms with Crippen LogP contribution in [0.1, 0.15) is 45.2 Å². The van der Waals surface area contributed by atoms with Crippen molar-refractivity contribution in [3.05, 3.63) is 94.0 Å². The predicted octanol–water partition coefficient (Wildman–Crippen LogP) is 6.22. The number of benzene rings is 3. The number of halogens is 2. The first-order valence-corrected chi connectivity index (χ1v) is 15.1. The highest BCUT2D eigenvalue weighted by atomic mass is 35.5. The van der Waals surface area contributed by atoms with Crippen LogP contribution in [0.25, 0.3) is 0 Å². The van der Waals surface area contributed by atoms with Gasteiger partial charge in [0.25, 0.3) is 10.0 Å². The molecule has 40 heavy (non-hydrogen) atoms. The summed E-state index contributed by atoms with van der Waals surface area (Å²) < 4.78 is 28.9. The maximum absolute atomic E-state index is 14.1. The molecule has 0 heterocycles. The number of nitrogens with zero attached hydrogens (tertiary/aromatic N) is 2. The molecule has 0 fully saturated rings. The molecule has 0 unspecified atom stereocenters. The van der Waals surface area contributed by atoms with Crippen LogP contribution in [-0.4, -0.2) is 43.3 Å². The van der Waals surface area contributed by atoms with E-state index in [9.17, 15) is 18.0 Å². The molecule has 214 valence electrons. The number of sulfonamides is 1. The minimum absolute atomic E-state index is 0.00651. The van der Waals surface area contributed by atoms with Crippen molar-refractivity contribution in [2.75, 3.05) is 10.8 Å². The summed E-state index contributed by atoms with van der Waals surface area (Å²) in [5.41, 5.74) is 1.39. The zero-order valence-electron chi connectivity index (χ0n) is 23.3. The Hall–Kier alpha value is -3.07. The lowest BCUT2D eigenvalue weighted by molar-refractivity contribution is -0.141. The van der Waals surface area contributed by atoms with E-state index in [1.165, 1.54) is 29.2 Å². The Balaban J connectivity index is 2.07. The number of carbonyl (C=O) groups is 2. The van der Waals surface area contributed by atoms with Crippen molar-refractivity contribution in [3.8, 4) is 0 Å². The number of aryl methyl sites for hydroxylation is 1. The third kappa shape index (κ3) is 8.22. The number of hydrogen-bond acceptors (Lipinski definition) is 4. The largest absolute Gasteiger partial charge is 0.350 e. The van der Waals surface area contributed by atoms with Crippen LogP contribution >= 0.6 is 23.2 Å². The Morgan fingerprint density at radius 2 is 1.50 bits per heavy atom. The summed E-state index contributed by atoms with van der Waals surface area (Å²) in [6.45, 7) is 8.83. The van der Waals surface area contributed by atoms with Crippen molar-refractivity contribution in [1.82, 2.24) is 10.2 Å². The molecule has 0 aliphatic carbocycles. The smallest absolute Gasteiger partial charge is 0.264 e. The maximum Gasteiger partial charge on any atom is 0.264 e. The fourth-order valence-corrected chi connectivity index (χ4v) is 5.86. The van der Waals surface area contributed by atoms with Gasteiger partial charge in [0.1, 0.15) is 12.6 Å². The van der Waals surface area contributed by atoms with Crippen molar-refractivity contribution >= 4 is 50.7 Å². The molecule has 7 nitrogen and oxygen atoms in total. The molecule has 0 saturated heterocycles. The molecule has 1 N–H and O–H groups in total. The van der Waals surface area contributed by atoms with Crippen LogP contribution < -0.4 is 9.62 Å². The first-order chi connectivity index (χ1) is 18.7. The number of carbonyl (C=O) groups excluding carboxylic acids is 2. The molecule has 3 rings (SSSR count). The SMILES string of the molecule is CC[C@H](C(=O)NC(C)(C)C)N(Cc1ccc(Cl)cc1)C(=O)CN(c1cccc(C)c1)S(=O)(=O)c1ccc(Cl)cc1. The Labute approximate surface area is 247 Å². The topological polar surface area (TPSA) is 86.8 Å². The van der Waals surface area contributed by atoms with Gasteiger partial charge >= 0.3 is 0 Å². The quantitative estimate of drug-likeness (QED) is 0.298. The zero-order valence-corrected chi connectivity index (χ0v) is 25.6. The molecule has 0 saturated carbocycles. The summed E-state index contributed by atoms with van der Waals surface area (Å²) in [5.74, 6) is -0.843. The second-order valence-corrected chi connectivity index (χ2v) is 13.4. The third-order valence-electron chi connectivity index (χ3n) is 6.12. The molecule has 0 spiro atoms. The average Bonchev–Trinajstić information content (AvgIpc) is 2.87. The Bertz CT molecular complexity index is 1440. The van der Waals surface area contributed by atoms with Crippen molar-refractivity contribution in [3.63, 3.8) is 0 Å². The molecule has 0 aromatic heterocycles. The van der Waals surface area contributed by atoms with Crippen molar-refractivity contribution in [1.29, 1.82) is 0 Å². The van der Waals surface area contributed by atoms with Crippen molar-refractivity contribution in [2.45, 2.75) is 64.1 Å². The molecular weight excluding hydrogens is 569 g/mol. The number of amides is 2. The predicted molar refractivity (Wildman–Crippen MR) is 161 cm³/mol. The van der Waals surface area contributed by atoms with Gasteiger partial charge in [0.05, 0.1) is 10.6 Å². The van der Waals surface area contributed by atoms with E-state index in [0.717, 1.165) is 15.4 Å². The molecule has 0 aliphatic heterocycles. The Kier molecular flexibility index (Phi) is 10.3. The zero-order chi connectivity index (χ0) is 29.7. The van der Waals surface area contributed by atoms with Gasteiger partial charge in [0, 0.05) is 22.1 Å². The third-order valence-corrected chi connectivity index (χ3v) is 8.41. The van der Waals surface area contributed by atoms with Gasteiger partial charge in [-0.1, -0.05) is 54.4 Å². The van der Waals surface area contributed by atoms with Crippen LogP contribution in [0.4, 0.5) is 5.69 Å². The van der Waals surface area contributed by atoms with Gasteiger partial charge in [-0.3, -0.25) is 13.9 Å². The molecule has 1 atom stereocenters. The van der Waals surface area contributed by atoms with Crippen molar-refractivity contribution < 1.29 is 18.0 Å². The fourth-order valence-electron chi connectivity index (χ4n) is 4.20. The van der Waals surface area contributed by atoms with Gasteiger partial charge < -0.3 is 10.2 Å². The van der Waals surface area contributed by atoms with Crippen LogP contribution in [-0.2, 0) is 26.2 Å². The van der Waals surface area contributed by atoms with E-state index < -0.39 is 34.1 Å². The monoisotopic (exact) mass is 603 g/mol. The number of hydrogen-bond donors (Lipinski definition) is 1. The van der Waals surface area contributed by atoms with Crippen LogP contribution in [0.2, 0.25) is 10.0 Å². The van der Waals surface area contributed by atoms with Crippen LogP contribution in [0, 0.1) is 6.92 Å². The summed E-state index contributed by atoms with van der Waals surface area (Å²) in [5, 5.41) is 3.89. The van der Waals surface area contributed by atoms with E-state index >= 15 is 0 Å². The molecule has 0 aliphatic rings. The fraction of sp³-hybridized carbons (Fsp3) is 0.333. The van der Waals surface area contributed by atoms with Crippen LogP contribution in [0.3, 0.4) is 0 Å². The van der Waals surface area contributed by atoms with E-state index in [1.807, 2.05) is 40.7 Å². The molecule has 3 aromatic carbocycles. The second-order valence-electron chi connectivity index (χ2n) is 10.6. The molecule has 0 bridgehead atoms. The summed E-state index contributed by atoms with van der Waals surface area (Å²) in [7, 11) is -4.17. The lowest BCUT2D eigenvalue weighted by Crippen LogP contribution is -2.55. The molecular formula is C30H35Cl2N3O4S. The molecule has 0 radical (unpaired) electrons. The van der Waals surface area contributed by atoms with Crippen molar-refractivity contribution in [2.24, 2.45) is 0 Å². The van der Waals surface area contributed by atoms with E-state index in [2.05, 4.69) is 5.32 Å². The summed E-state index contributed by atoms with van der Waals surface area (Å²) >= 11 is 12.1. The highest BCUT2D eigenvalue weighted by Gasteiger charge is 2.34. The lowest BCUT2D eigenvalue weighted by Gasteiger charge is -2.34. The molecule has 10 heteroatoms. The first-order valence-electron chi connectivity index (χ1n) is 12.9. The molecule has 2 amide bonds. The van der Waals surface area contributed by atoms with E-state index in [0.29, 0.717) is 22.2 Å². The minimum atomic E-state index is -4.17. The van der Waals surface area contributed by atoms with Gasteiger partial charge in [-0.25, -0.2) is 8.42 Å². The van der Waals surface area contributed by atoms with Gasteiger partial charge in [0.15, 0.2) is 0 Å². The summed E-state index contributed by atoms with van der Waals surface area (Å²) in [6.07, 6.45) is 0.329. The number of anilines is 1. The summed E-state index contributed by atoms with van der Waals surface area (Å²) in [6, 6.07) is 18.8. The van der Waals surface area contributed by atoms with E-state index in [-0.39, 0.29) is 17.3 Å². The molecule has 3 aromatic rings. The van der Waals surface area contributed by atoms with Gasteiger partial charge in [0.2, 0.25) is 11.8 Å². The van der Waals surface area contributed by atoms with Crippen LogP contribution in [0.15, 0.2) is 77.7 Å². The first kappa shape index (κ1) is 31.5. The van der Waals surface area contributed by atoms with Crippen LogP contribution in [0.5, 0.6) is 0 Å². The maximum atomic E-state index is 14.1. The van der Waals surface area contributed by atoms with Gasteiger partial charge in [-0.15, -0.1) is 0 Å². The normalized spacial score (nSPS) is 12.5. The Morgan fingerprint density at radius 3 is 2.02 bits per heavy atom. The Morgan fingerprint density at radius 1 is 0.925 bits per heavy atom. The van der Waals surface area contributed by atoms with E-state index in [1.54, 1.807) is 42.5 Å². The average molecular weight is 605 g/mol. The summed E-state index contributed by atoms with van der Waals surface area (Å²) in [4.78, 5) is 28.9. The lowest BCUT2D eigenvalue weighted by atomic mass is 10.1. The highest BCUT2D eigenvalue weighted by Crippen LogP contribution is 2.26.